The van der Waals surface area contributed by atoms with Crippen LogP contribution < -0.4 is 0 Å². The van der Waals surface area contributed by atoms with Gasteiger partial charge in [0.1, 0.15) is 0 Å². The summed E-state index contributed by atoms with van der Waals surface area (Å²) in [5.74, 6) is 0. The van der Waals surface area contributed by atoms with Crippen LogP contribution in [-0.4, -0.2) is 37.0 Å². The SMILES string of the molecule is O=S(=O)(/C=C/c1ccccc1Cl)N1CCCC(O)C1. The maximum atomic E-state index is 12.1. The van der Waals surface area contributed by atoms with Gasteiger partial charge in [0.25, 0.3) is 0 Å². The molecule has 0 amide bonds. The van der Waals surface area contributed by atoms with E-state index in [-0.39, 0.29) is 6.54 Å². The van der Waals surface area contributed by atoms with Crippen molar-refractivity contribution in [2.24, 2.45) is 0 Å². The Hall–Kier alpha value is -0.880. The Labute approximate surface area is 118 Å². The molecule has 1 fully saturated rings. The van der Waals surface area contributed by atoms with Gasteiger partial charge in [-0.3, -0.25) is 0 Å². The summed E-state index contributed by atoms with van der Waals surface area (Å²) < 4.78 is 25.5. The molecule has 104 valence electrons. The first kappa shape index (κ1) is 14.5. The van der Waals surface area contributed by atoms with Crippen molar-refractivity contribution in [3.63, 3.8) is 0 Å². The van der Waals surface area contributed by atoms with Crippen molar-refractivity contribution in [2.45, 2.75) is 18.9 Å². The molecular formula is C13H16ClNO3S. The number of benzene rings is 1. The molecule has 1 N–H and O–H groups in total. The van der Waals surface area contributed by atoms with E-state index in [0.29, 0.717) is 30.0 Å². The van der Waals surface area contributed by atoms with Crippen molar-refractivity contribution in [1.82, 2.24) is 4.31 Å². The van der Waals surface area contributed by atoms with Gasteiger partial charge < -0.3 is 5.11 Å². The third kappa shape index (κ3) is 3.79. The van der Waals surface area contributed by atoms with E-state index in [1.807, 2.05) is 0 Å². The average Bonchev–Trinajstić information content (AvgIpc) is 2.38. The van der Waals surface area contributed by atoms with E-state index in [2.05, 4.69) is 0 Å². The van der Waals surface area contributed by atoms with Gasteiger partial charge in [0.2, 0.25) is 10.0 Å². The molecule has 0 saturated carbocycles. The number of β-amino-alcohol motifs (C(OH)–C–C–N with tert-alkyl or cyclic N) is 1. The number of nitrogens with zero attached hydrogens (tertiary/aromatic N) is 1. The van der Waals surface area contributed by atoms with Crippen molar-refractivity contribution in [3.05, 3.63) is 40.3 Å². The molecule has 0 aliphatic carbocycles. The zero-order valence-electron chi connectivity index (χ0n) is 10.4. The number of aliphatic hydroxyl groups excluding tert-OH is 1. The van der Waals surface area contributed by atoms with Crippen LogP contribution in [-0.2, 0) is 10.0 Å². The first-order valence-electron chi connectivity index (χ1n) is 6.10. The number of piperidine rings is 1. The highest BCUT2D eigenvalue weighted by molar-refractivity contribution is 7.92. The van der Waals surface area contributed by atoms with Gasteiger partial charge >= 0.3 is 0 Å². The van der Waals surface area contributed by atoms with Crippen molar-refractivity contribution >= 4 is 27.7 Å². The van der Waals surface area contributed by atoms with Crippen molar-refractivity contribution in [1.29, 1.82) is 0 Å². The highest BCUT2D eigenvalue weighted by Crippen LogP contribution is 2.19. The summed E-state index contributed by atoms with van der Waals surface area (Å²) in [5, 5.41) is 11.2. The fourth-order valence-corrected chi connectivity index (χ4v) is 3.46. The quantitative estimate of drug-likeness (QED) is 0.930. The van der Waals surface area contributed by atoms with Gasteiger partial charge in [-0.2, -0.15) is 4.31 Å². The second-order valence-corrected chi connectivity index (χ2v) is 6.75. The summed E-state index contributed by atoms with van der Waals surface area (Å²) in [7, 11) is -3.50. The van der Waals surface area contributed by atoms with E-state index >= 15 is 0 Å². The van der Waals surface area contributed by atoms with E-state index in [1.54, 1.807) is 24.3 Å². The first-order chi connectivity index (χ1) is 8.99. The molecule has 1 atom stereocenters. The summed E-state index contributed by atoms with van der Waals surface area (Å²) in [4.78, 5) is 0. The molecule has 0 radical (unpaired) electrons. The topological polar surface area (TPSA) is 57.6 Å². The Morgan fingerprint density at radius 3 is 2.79 bits per heavy atom. The highest BCUT2D eigenvalue weighted by atomic mass is 35.5. The summed E-state index contributed by atoms with van der Waals surface area (Å²) in [6.07, 6.45) is 2.25. The first-order valence-corrected chi connectivity index (χ1v) is 7.98. The fraction of sp³-hybridized carbons (Fsp3) is 0.385. The van der Waals surface area contributed by atoms with Gasteiger partial charge in [0.05, 0.1) is 6.10 Å². The maximum Gasteiger partial charge on any atom is 0.236 e. The molecule has 1 unspecified atom stereocenters. The third-order valence-corrected chi connectivity index (χ3v) is 4.92. The average molecular weight is 302 g/mol. The summed E-state index contributed by atoms with van der Waals surface area (Å²) in [5.41, 5.74) is 0.658. The van der Waals surface area contributed by atoms with Crippen LogP contribution in [0.1, 0.15) is 18.4 Å². The predicted octanol–water partition coefficient (Wildman–Crippen LogP) is 2.10. The molecule has 0 aromatic heterocycles. The molecule has 6 heteroatoms. The van der Waals surface area contributed by atoms with E-state index in [9.17, 15) is 13.5 Å². The number of rotatable bonds is 3. The summed E-state index contributed by atoms with van der Waals surface area (Å²) in [6, 6.07) is 7.04. The lowest BCUT2D eigenvalue weighted by Gasteiger charge is -2.27. The van der Waals surface area contributed by atoms with E-state index in [0.717, 1.165) is 5.41 Å². The van der Waals surface area contributed by atoms with Crippen LogP contribution in [0.15, 0.2) is 29.7 Å². The second-order valence-electron chi connectivity index (χ2n) is 4.52. The minimum absolute atomic E-state index is 0.162. The molecule has 19 heavy (non-hydrogen) atoms. The molecule has 1 aromatic rings. The maximum absolute atomic E-state index is 12.1. The molecule has 1 aliphatic heterocycles. The highest BCUT2D eigenvalue weighted by Gasteiger charge is 2.25. The van der Waals surface area contributed by atoms with Crippen LogP contribution in [0, 0.1) is 0 Å². The zero-order chi connectivity index (χ0) is 13.9. The molecule has 0 spiro atoms. The smallest absolute Gasteiger partial charge is 0.236 e. The summed E-state index contributed by atoms with van der Waals surface area (Å²) in [6.45, 7) is 0.613. The van der Waals surface area contributed by atoms with Crippen LogP contribution >= 0.6 is 11.6 Å². The number of hydrogen-bond donors (Lipinski definition) is 1. The van der Waals surface area contributed by atoms with Crippen LogP contribution in [0.4, 0.5) is 0 Å². The van der Waals surface area contributed by atoms with Crippen molar-refractivity contribution in [2.75, 3.05) is 13.1 Å². The normalized spacial score (nSPS) is 21.9. The van der Waals surface area contributed by atoms with Gasteiger partial charge in [0, 0.05) is 23.5 Å². The number of aliphatic hydroxyl groups is 1. The Balaban J connectivity index is 2.15. The molecule has 1 aromatic carbocycles. The molecule has 1 heterocycles. The molecule has 4 nitrogen and oxygen atoms in total. The van der Waals surface area contributed by atoms with Crippen LogP contribution in [0.5, 0.6) is 0 Å². The molecular weight excluding hydrogens is 286 g/mol. The second kappa shape index (κ2) is 6.05. The summed E-state index contributed by atoms with van der Waals surface area (Å²) >= 11 is 5.96. The third-order valence-electron chi connectivity index (χ3n) is 3.04. The van der Waals surface area contributed by atoms with Crippen molar-refractivity contribution < 1.29 is 13.5 Å². The van der Waals surface area contributed by atoms with E-state index in [4.69, 9.17) is 11.6 Å². The minimum atomic E-state index is -3.50. The number of sulfonamides is 1. The Kier molecular flexibility index (Phi) is 4.62. The fourth-order valence-electron chi connectivity index (χ4n) is 2.01. The van der Waals surface area contributed by atoms with E-state index in [1.165, 1.54) is 10.4 Å². The van der Waals surface area contributed by atoms with Gasteiger partial charge in [0.15, 0.2) is 0 Å². The monoisotopic (exact) mass is 301 g/mol. The van der Waals surface area contributed by atoms with E-state index < -0.39 is 16.1 Å². The Morgan fingerprint density at radius 2 is 2.11 bits per heavy atom. The number of hydrogen-bond acceptors (Lipinski definition) is 3. The van der Waals surface area contributed by atoms with Gasteiger partial charge in [-0.1, -0.05) is 29.8 Å². The largest absolute Gasteiger partial charge is 0.392 e. The van der Waals surface area contributed by atoms with Crippen LogP contribution in [0.2, 0.25) is 5.02 Å². The van der Waals surface area contributed by atoms with Crippen LogP contribution in [0.3, 0.4) is 0 Å². The Bertz CT molecular complexity index is 571. The zero-order valence-corrected chi connectivity index (χ0v) is 11.9. The molecule has 2 rings (SSSR count). The lowest BCUT2D eigenvalue weighted by Crippen LogP contribution is -2.41. The molecule has 1 aliphatic rings. The lowest BCUT2D eigenvalue weighted by molar-refractivity contribution is 0.108. The Morgan fingerprint density at radius 1 is 1.37 bits per heavy atom. The predicted molar refractivity (Wildman–Crippen MR) is 76.2 cm³/mol. The lowest BCUT2D eigenvalue weighted by atomic mass is 10.1. The standard InChI is InChI=1S/C13H16ClNO3S/c14-13-6-2-1-4-11(13)7-9-19(17,18)15-8-3-5-12(16)10-15/h1-2,4,6-7,9,12,16H,3,5,8,10H2/b9-7+. The van der Waals surface area contributed by atoms with Gasteiger partial charge in [-0.05, 0) is 30.5 Å². The van der Waals surface area contributed by atoms with Gasteiger partial charge in [-0.25, -0.2) is 8.42 Å². The molecule has 0 bridgehead atoms. The molecule has 1 saturated heterocycles. The van der Waals surface area contributed by atoms with Crippen molar-refractivity contribution in [3.8, 4) is 0 Å². The van der Waals surface area contributed by atoms with Crippen LogP contribution in [0.25, 0.3) is 6.08 Å². The number of halogens is 1. The minimum Gasteiger partial charge on any atom is -0.392 e. The van der Waals surface area contributed by atoms with Gasteiger partial charge in [-0.15, -0.1) is 0 Å².